The number of aldehydes is 1. The molecule has 0 saturated heterocycles. The maximum Gasteiger partial charge on any atom is 0.151 e. The Morgan fingerprint density at radius 2 is 2.20 bits per heavy atom. The second-order valence-corrected chi connectivity index (χ2v) is 5.41. The van der Waals surface area contributed by atoms with Crippen LogP contribution >= 0.6 is 23.4 Å². The molecule has 15 heavy (non-hydrogen) atoms. The molecule has 1 rings (SSSR count). The molecule has 1 aromatic rings. The summed E-state index contributed by atoms with van der Waals surface area (Å²) in [6.07, 6.45) is 1.97. The highest BCUT2D eigenvalue weighted by Gasteiger charge is 2.01. The third-order valence-electron chi connectivity index (χ3n) is 2.06. The van der Waals surface area contributed by atoms with Gasteiger partial charge in [-0.2, -0.15) is 0 Å². The van der Waals surface area contributed by atoms with Crippen LogP contribution in [-0.2, 0) is 0 Å². The van der Waals surface area contributed by atoms with Crippen LogP contribution in [0.25, 0.3) is 0 Å². The normalized spacial score (nSPS) is 10.7. The molecule has 0 aliphatic rings. The molecule has 0 aliphatic heterocycles. The maximum absolute atomic E-state index is 10.6. The van der Waals surface area contributed by atoms with Gasteiger partial charge in [0.15, 0.2) is 6.29 Å². The second-order valence-electron chi connectivity index (χ2n) is 3.83. The van der Waals surface area contributed by atoms with Crippen LogP contribution in [0.1, 0.15) is 30.6 Å². The molecule has 0 fully saturated rings. The summed E-state index contributed by atoms with van der Waals surface area (Å²) in [5, 5.41) is 0.541. The van der Waals surface area contributed by atoms with Crippen molar-refractivity contribution in [1.82, 2.24) is 0 Å². The van der Waals surface area contributed by atoms with E-state index in [1.54, 1.807) is 17.8 Å². The Kier molecular flexibility index (Phi) is 5.20. The quantitative estimate of drug-likeness (QED) is 0.566. The number of benzene rings is 1. The van der Waals surface area contributed by atoms with Crippen molar-refractivity contribution < 1.29 is 4.79 Å². The first-order valence-corrected chi connectivity index (χ1v) is 6.37. The lowest BCUT2D eigenvalue weighted by molar-refractivity contribution is 0.112. The predicted molar refractivity (Wildman–Crippen MR) is 67.0 cm³/mol. The average molecular weight is 243 g/mol. The second kappa shape index (κ2) is 6.19. The van der Waals surface area contributed by atoms with Crippen molar-refractivity contribution in [3.05, 3.63) is 28.8 Å². The minimum absolute atomic E-state index is 0.541. The van der Waals surface area contributed by atoms with E-state index < -0.39 is 0 Å². The summed E-state index contributed by atoms with van der Waals surface area (Å²) in [5.41, 5.74) is 0.560. The highest BCUT2D eigenvalue weighted by molar-refractivity contribution is 7.99. The van der Waals surface area contributed by atoms with Gasteiger partial charge < -0.3 is 0 Å². The lowest BCUT2D eigenvalue weighted by Crippen LogP contribution is -1.89. The third-order valence-corrected chi connectivity index (χ3v) is 3.42. The average Bonchev–Trinajstić information content (AvgIpc) is 2.17. The van der Waals surface area contributed by atoms with E-state index in [-0.39, 0.29) is 0 Å². The van der Waals surface area contributed by atoms with Crippen LogP contribution in [0.2, 0.25) is 5.02 Å². The molecule has 0 aliphatic carbocycles. The molecule has 0 saturated carbocycles. The van der Waals surface area contributed by atoms with Gasteiger partial charge in [0.1, 0.15) is 0 Å². The molecule has 0 radical (unpaired) electrons. The van der Waals surface area contributed by atoms with Crippen molar-refractivity contribution >= 4 is 29.6 Å². The number of hydrogen-bond acceptors (Lipinski definition) is 2. The van der Waals surface area contributed by atoms with Crippen LogP contribution in [-0.4, -0.2) is 12.0 Å². The van der Waals surface area contributed by atoms with Crippen molar-refractivity contribution in [2.75, 3.05) is 5.75 Å². The van der Waals surface area contributed by atoms with Crippen molar-refractivity contribution in [2.45, 2.75) is 25.2 Å². The Hall–Kier alpha value is -0.470. The lowest BCUT2D eigenvalue weighted by Gasteiger charge is -2.05. The summed E-state index contributed by atoms with van der Waals surface area (Å²) in [4.78, 5) is 11.7. The van der Waals surface area contributed by atoms with E-state index in [0.29, 0.717) is 10.6 Å². The SMILES string of the molecule is CC(C)CCSc1ccc(C=O)c(Cl)c1. The Morgan fingerprint density at radius 3 is 2.73 bits per heavy atom. The first-order chi connectivity index (χ1) is 7.13. The van der Waals surface area contributed by atoms with Crippen LogP contribution in [0.3, 0.4) is 0 Å². The summed E-state index contributed by atoms with van der Waals surface area (Å²) in [6.45, 7) is 4.42. The predicted octanol–water partition coefficient (Wildman–Crippen LogP) is 4.29. The number of thioether (sulfide) groups is 1. The van der Waals surface area contributed by atoms with Crippen molar-refractivity contribution in [3.63, 3.8) is 0 Å². The number of carbonyl (C=O) groups is 1. The van der Waals surface area contributed by atoms with Gasteiger partial charge in [-0.3, -0.25) is 4.79 Å². The van der Waals surface area contributed by atoms with Crippen LogP contribution in [0, 0.1) is 5.92 Å². The van der Waals surface area contributed by atoms with E-state index in [4.69, 9.17) is 11.6 Å². The molecule has 1 aromatic carbocycles. The van der Waals surface area contributed by atoms with Crippen molar-refractivity contribution in [3.8, 4) is 0 Å². The fraction of sp³-hybridized carbons (Fsp3) is 0.417. The van der Waals surface area contributed by atoms with E-state index >= 15 is 0 Å². The van der Waals surface area contributed by atoms with Crippen molar-refractivity contribution in [1.29, 1.82) is 0 Å². The molecule has 3 heteroatoms. The van der Waals surface area contributed by atoms with Crippen LogP contribution in [0.4, 0.5) is 0 Å². The smallest absolute Gasteiger partial charge is 0.151 e. The number of rotatable bonds is 5. The van der Waals surface area contributed by atoms with Gasteiger partial charge >= 0.3 is 0 Å². The van der Waals surface area contributed by atoms with E-state index in [9.17, 15) is 4.79 Å². The fourth-order valence-corrected chi connectivity index (χ4v) is 2.59. The largest absolute Gasteiger partial charge is 0.298 e. The zero-order valence-corrected chi connectivity index (χ0v) is 10.6. The summed E-state index contributed by atoms with van der Waals surface area (Å²) in [7, 11) is 0. The number of carbonyl (C=O) groups excluding carboxylic acids is 1. The number of hydrogen-bond donors (Lipinski definition) is 0. The molecule has 0 spiro atoms. The Morgan fingerprint density at radius 1 is 1.47 bits per heavy atom. The molecule has 82 valence electrons. The Balaban J connectivity index is 2.56. The molecule has 0 unspecified atom stereocenters. The van der Waals surface area contributed by atoms with Gasteiger partial charge in [-0.1, -0.05) is 25.4 Å². The highest BCUT2D eigenvalue weighted by Crippen LogP contribution is 2.25. The highest BCUT2D eigenvalue weighted by atomic mass is 35.5. The van der Waals surface area contributed by atoms with E-state index in [2.05, 4.69) is 13.8 Å². The van der Waals surface area contributed by atoms with Crippen LogP contribution in [0.15, 0.2) is 23.1 Å². The zero-order chi connectivity index (χ0) is 11.3. The van der Waals surface area contributed by atoms with Crippen molar-refractivity contribution in [2.24, 2.45) is 5.92 Å². The minimum atomic E-state index is 0.541. The molecule has 0 aromatic heterocycles. The standard InChI is InChI=1S/C12H15ClOS/c1-9(2)5-6-15-11-4-3-10(8-14)12(13)7-11/h3-4,7-9H,5-6H2,1-2H3. The summed E-state index contributed by atoms with van der Waals surface area (Å²) in [6, 6.07) is 5.57. The fourth-order valence-electron chi connectivity index (χ4n) is 1.11. The minimum Gasteiger partial charge on any atom is -0.298 e. The molecule has 0 atom stereocenters. The van der Waals surface area contributed by atoms with Gasteiger partial charge in [-0.15, -0.1) is 11.8 Å². The Bertz CT molecular complexity index is 336. The van der Waals surface area contributed by atoms with Crippen LogP contribution < -0.4 is 0 Å². The monoisotopic (exact) mass is 242 g/mol. The first-order valence-electron chi connectivity index (χ1n) is 5.01. The third kappa shape index (κ3) is 4.27. The molecule has 0 amide bonds. The van der Waals surface area contributed by atoms with Gasteiger partial charge in [0.2, 0.25) is 0 Å². The van der Waals surface area contributed by atoms with E-state index in [1.165, 1.54) is 6.42 Å². The van der Waals surface area contributed by atoms with Gasteiger partial charge in [0.25, 0.3) is 0 Å². The topological polar surface area (TPSA) is 17.1 Å². The van der Waals surface area contributed by atoms with Gasteiger partial charge in [0, 0.05) is 10.5 Å². The molecule has 0 bridgehead atoms. The molecular formula is C12H15ClOS. The molecule has 1 nitrogen and oxygen atoms in total. The van der Waals surface area contributed by atoms with Gasteiger partial charge in [-0.25, -0.2) is 0 Å². The first kappa shape index (κ1) is 12.6. The Labute approximate surface area is 100 Å². The molecule has 0 heterocycles. The van der Waals surface area contributed by atoms with Gasteiger partial charge in [-0.05, 0) is 36.3 Å². The zero-order valence-electron chi connectivity index (χ0n) is 9.00. The summed E-state index contributed by atoms with van der Waals surface area (Å²) >= 11 is 7.71. The van der Waals surface area contributed by atoms with Crippen LogP contribution in [0.5, 0.6) is 0 Å². The number of halogens is 1. The maximum atomic E-state index is 10.6. The van der Waals surface area contributed by atoms with Gasteiger partial charge in [0.05, 0.1) is 5.02 Å². The van der Waals surface area contributed by atoms with E-state index in [1.807, 2.05) is 12.1 Å². The molecule has 0 N–H and O–H groups in total. The lowest BCUT2D eigenvalue weighted by atomic mass is 10.2. The molecular weight excluding hydrogens is 228 g/mol. The summed E-state index contributed by atoms with van der Waals surface area (Å²) in [5.74, 6) is 1.82. The van der Waals surface area contributed by atoms with E-state index in [0.717, 1.165) is 22.9 Å². The summed E-state index contributed by atoms with van der Waals surface area (Å²) < 4.78 is 0.